The molecule has 0 saturated heterocycles. The van der Waals surface area contributed by atoms with Crippen molar-refractivity contribution in [3.63, 3.8) is 0 Å². The first kappa shape index (κ1) is 13.6. The van der Waals surface area contributed by atoms with Gasteiger partial charge in [0, 0.05) is 5.56 Å². The lowest BCUT2D eigenvalue weighted by atomic mass is 9.98. The fourth-order valence-corrected chi connectivity index (χ4v) is 2.05. The smallest absolute Gasteiger partial charge is 0.132 e. The molecule has 2 aromatic carbocycles. The van der Waals surface area contributed by atoms with Gasteiger partial charge in [0.15, 0.2) is 0 Å². The van der Waals surface area contributed by atoms with Gasteiger partial charge in [-0.3, -0.25) is 0 Å². The van der Waals surface area contributed by atoms with Gasteiger partial charge in [-0.2, -0.15) is 0 Å². The summed E-state index contributed by atoms with van der Waals surface area (Å²) in [7, 11) is 0. The van der Waals surface area contributed by atoms with E-state index < -0.39 is 0 Å². The minimum atomic E-state index is -0.0122. The number of para-hydroxylation sites is 2. The summed E-state index contributed by atoms with van der Waals surface area (Å²) in [5.41, 5.74) is 2.01. The normalized spacial score (nSPS) is 12.2. The second-order valence-electron chi connectivity index (χ2n) is 4.72. The van der Waals surface area contributed by atoms with Gasteiger partial charge in [0.25, 0.3) is 0 Å². The number of hydrogen-bond acceptors (Lipinski definition) is 2. The van der Waals surface area contributed by atoms with Crippen LogP contribution < -0.4 is 4.74 Å². The third-order valence-electron chi connectivity index (χ3n) is 3.43. The Morgan fingerprint density at radius 2 is 1.63 bits per heavy atom. The molecule has 0 aliphatic rings. The maximum absolute atomic E-state index is 9.34. The van der Waals surface area contributed by atoms with Crippen LogP contribution in [0.1, 0.15) is 37.3 Å². The summed E-state index contributed by atoms with van der Waals surface area (Å²) >= 11 is 0. The van der Waals surface area contributed by atoms with Crippen LogP contribution in [0.5, 0.6) is 11.5 Å². The number of aliphatic hydroxyl groups excluding tert-OH is 1. The molecule has 0 aromatic heterocycles. The molecule has 2 heteroatoms. The van der Waals surface area contributed by atoms with Crippen LogP contribution in [0, 0.1) is 0 Å². The molecule has 0 aliphatic heterocycles. The van der Waals surface area contributed by atoms with Crippen LogP contribution in [-0.2, 0) is 6.61 Å². The van der Waals surface area contributed by atoms with E-state index in [1.54, 1.807) is 0 Å². The van der Waals surface area contributed by atoms with Crippen molar-refractivity contribution in [2.24, 2.45) is 0 Å². The Bertz CT molecular complexity index is 534. The molecule has 2 aromatic rings. The molecule has 2 rings (SSSR count). The molecule has 0 amide bonds. The zero-order chi connectivity index (χ0) is 13.7. The highest BCUT2D eigenvalue weighted by molar-refractivity contribution is 5.42. The maximum Gasteiger partial charge on any atom is 0.132 e. The number of aliphatic hydroxyl groups is 1. The summed E-state index contributed by atoms with van der Waals surface area (Å²) in [5, 5.41) is 9.34. The summed E-state index contributed by atoms with van der Waals surface area (Å²) < 4.78 is 5.99. The third kappa shape index (κ3) is 3.15. The minimum absolute atomic E-state index is 0.0122. The van der Waals surface area contributed by atoms with Gasteiger partial charge in [0.1, 0.15) is 11.5 Å². The number of ether oxygens (including phenoxy) is 1. The van der Waals surface area contributed by atoms with Crippen LogP contribution in [0.25, 0.3) is 0 Å². The fraction of sp³-hybridized carbons (Fsp3) is 0.294. The fourth-order valence-electron chi connectivity index (χ4n) is 2.05. The van der Waals surface area contributed by atoms with Crippen LogP contribution in [0.15, 0.2) is 48.5 Å². The van der Waals surface area contributed by atoms with E-state index in [1.165, 1.54) is 5.56 Å². The molecule has 100 valence electrons. The molecule has 19 heavy (non-hydrogen) atoms. The third-order valence-corrected chi connectivity index (χ3v) is 3.43. The monoisotopic (exact) mass is 256 g/mol. The standard InChI is InChI=1S/C17H20O2/c1-3-13(2)15-9-5-7-11-17(15)19-16-10-6-4-8-14(16)12-18/h4-11,13,18H,3,12H2,1-2H3. The molecule has 0 aliphatic carbocycles. The number of rotatable bonds is 5. The van der Waals surface area contributed by atoms with Crippen LogP contribution in [0.3, 0.4) is 0 Å². The van der Waals surface area contributed by atoms with Gasteiger partial charge in [-0.1, -0.05) is 50.2 Å². The van der Waals surface area contributed by atoms with E-state index in [-0.39, 0.29) is 6.61 Å². The highest BCUT2D eigenvalue weighted by Crippen LogP contribution is 2.33. The molecule has 0 radical (unpaired) electrons. The quantitative estimate of drug-likeness (QED) is 0.854. The average molecular weight is 256 g/mol. The van der Waals surface area contributed by atoms with Crippen molar-refractivity contribution in [3.05, 3.63) is 59.7 Å². The predicted molar refractivity (Wildman–Crippen MR) is 77.6 cm³/mol. The second kappa shape index (κ2) is 6.39. The summed E-state index contributed by atoms with van der Waals surface area (Å²) in [6, 6.07) is 15.7. The van der Waals surface area contributed by atoms with Gasteiger partial charge in [0.2, 0.25) is 0 Å². The summed E-state index contributed by atoms with van der Waals surface area (Å²) in [4.78, 5) is 0. The number of hydrogen-bond donors (Lipinski definition) is 1. The molecular formula is C17H20O2. The Kier molecular flexibility index (Phi) is 4.58. The second-order valence-corrected chi connectivity index (χ2v) is 4.72. The van der Waals surface area contributed by atoms with Crippen LogP contribution in [-0.4, -0.2) is 5.11 Å². The zero-order valence-corrected chi connectivity index (χ0v) is 11.5. The van der Waals surface area contributed by atoms with E-state index in [0.29, 0.717) is 5.92 Å². The molecule has 0 bridgehead atoms. The average Bonchev–Trinajstić information content (AvgIpc) is 2.47. The van der Waals surface area contributed by atoms with Gasteiger partial charge < -0.3 is 9.84 Å². The lowest BCUT2D eigenvalue weighted by Gasteiger charge is -2.16. The highest BCUT2D eigenvalue weighted by atomic mass is 16.5. The SMILES string of the molecule is CCC(C)c1ccccc1Oc1ccccc1CO. The predicted octanol–water partition coefficient (Wildman–Crippen LogP) is 4.48. The van der Waals surface area contributed by atoms with Crippen LogP contribution >= 0.6 is 0 Å². The van der Waals surface area contributed by atoms with Crippen LogP contribution in [0.2, 0.25) is 0 Å². The Hall–Kier alpha value is -1.80. The first-order chi connectivity index (χ1) is 9.26. The van der Waals surface area contributed by atoms with Gasteiger partial charge >= 0.3 is 0 Å². The zero-order valence-electron chi connectivity index (χ0n) is 11.5. The van der Waals surface area contributed by atoms with Crippen molar-refractivity contribution < 1.29 is 9.84 Å². The molecule has 0 fully saturated rings. The van der Waals surface area contributed by atoms with Gasteiger partial charge in [-0.25, -0.2) is 0 Å². The largest absolute Gasteiger partial charge is 0.457 e. The molecule has 0 heterocycles. The van der Waals surface area contributed by atoms with Crippen molar-refractivity contribution in [1.29, 1.82) is 0 Å². The Morgan fingerprint density at radius 3 is 2.32 bits per heavy atom. The Morgan fingerprint density at radius 1 is 1.00 bits per heavy atom. The molecule has 0 spiro atoms. The van der Waals surface area contributed by atoms with E-state index in [1.807, 2.05) is 42.5 Å². The molecule has 1 N–H and O–H groups in total. The number of benzene rings is 2. The van der Waals surface area contributed by atoms with Gasteiger partial charge in [-0.15, -0.1) is 0 Å². The lowest BCUT2D eigenvalue weighted by molar-refractivity contribution is 0.276. The van der Waals surface area contributed by atoms with E-state index >= 15 is 0 Å². The van der Waals surface area contributed by atoms with E-state index in [9.17, 15) is 5.11 Å². The first-order valence-electron chi connectivity index (χ1n) is 6.71. The van der Waals surface area contributed by atoms with Crippen LogP contribution in [0.4, 0.5) is 0 Å². The maximum atomic E-state index is 9.34. The van der Waals surface area contributed by atoms with E-state index in [2.05, 4.69) is 19.9 Å². The minimum Gasteiger partial charge on any atom is -0.457 e. The highest BCUT2D eigenvalue weighted by Gasteiger charge is 2.11. The Labute approximate surface area is 114 Å². The summed E-state index contributed by atoms with van der Waals surface area (Å²) in [6.07, 6.45) is 1.07. The van der Waals surface area contributed by atoms with Gasteiger partial charge in [-0.05, 0) is 30.0 Å². The van der Waals surface area contributed by atoms with E-state index in [0.717, 1.165) is 23.5 Å². The van der Waals surface area contributed by atoms with Crippen molar-refractivity contribution in [1.82, 2.24) is 0 Å². The van der Waals surface area contributed by atoms with Crippen molar-refractivity contribution in [2.75, 3.05) is 0 Å². The Balaban J connectivity index is 2.33. The summed E-state index contributed by atoms with van der Waals surface area (Å²) in [5.74, 6) is 2.05. The summed E-state index contributed by atoms with van der Waals surface area (Å²) in [6.45, 7) is 4.35. The molecule has 1 unspecified atom stereocenters. The molecular weight excluding hydrogens is 236 g/mol. The van der Waals surface area contributed by atoms with Gasteiger partial charge in [0.05, 0.1) is 6.61 Å². The van der Waals surface area contributed by atoms with Crippen molar-refractivity contribution >= 4 is 0 Å². The molecule has 2 nitrogen and oxygen atoms in total. The molecule has 1 atom stereocenters. The molecule has 0 saturated carbocycles. The van der Waals surface area contributed by atoms with Crippen molar-refractivity contribution in [2.45, 2.75) is 32.8 Å². The van der Waals surface area contributed by atoms with E-state index in [4.69, 9.17) is 4.74 Å². The first-order valence-corrected chi connectivity index (χ1v) is 6.71. The topological polar surface area (TPSA) is 29.5 Å². The lowest BCUT2D eigenvalue weighted by Crippen LogP contribution is -1.97. The van der Waals surface area contributed by atoms with Crippen molar-refractivity contribution in [3.8, 4) is 11.5 Å².